The Kier molecular flexibility index (Phi) is 5.20. The van der Waals surface area contributed by atoms with Gasteiger partial charge in [0.05, 0.1) is 23.9 Å². The number of aldehydes is 1. The molecule has 0 aliphatic carbocycles. The third kappa shape index (κ3) is 3.76. The largest absolute Gasteiger partial charge is 0.497 e. The molecule has 3 heterocycles. The van der Waals surface area contributed by atoms with Crippen LogP contribution in [-0.2, 0) is 0 Å². The first-order valence-corrected chi connectivity index (χ1v) is 10.2. The van der Waals surface area contributed by atoms with Crippen molar-refractivity contribution in [2.75, 3.05) is 7.11 Å². The summed E-state index contributed by atoms with van der Waals surface area (Å²) in [6, 6.07) is 22.0. The minimum atomic E-state index is -0.394. The van der Waals surface area contributed by atoms with Gasteiger partial charge in [-0.2, -0.15) is 5.10 Å². The van der Waals surface area contributed by atoms with Crippen molar-refractivity contribution in [2.24, 2.45) is 0 Å². The van der Waals surface area contributed by atoms with Crippen molar-refractivity contribution in [3.63, 3.8) is 0 Å². The summed E-state index contributed by atoms with van der Waals surface area (Å²) in [7, 11) is 1.58. The molecule has 0 radical (unpaired) electrons. The van der Waals surface area contributed by atoms with Crippen LogP contribution in [-0.4, -0.2) is 39.1 Å². The van der Waals surface area contributed by atoms with E-state index in [1.54, 1.807) is 49.7 Å². The maximum absolute atomic E-state index is 13.6. The van der Waals surface area contributed by atoms with Crippen molar-refractivity contribution in [3.05, 3.63) is 96.3 Å². The van der Waals surface area contributed by atoms with Gasteiger partial charge in [-0.15, -0.1) is 0 Å². The number of aromatic nitrogens is 4. The van der Waals surface area contributed by atoms with E-state index in [0.29, 0.717) is 45.8 Å². The van der Waals surface area contributed by atoms with Gasteiger partial charge >= 0.3 is 0 Å². The molecule has 7 heteroatoms. The summed E-state index contributed by atoms with van der Waals surface area (Å²) in [4.78, 5) is 34.3. The molecule has 0 bridgehead atoms. The Bertz CT molecular complexity index is 1480. The number of nitrogens with zero attached hydrogens (tertiary/aromatic N) is 4. The second kappa shape index (κ2) is 8.47. The number of ether oxygens (including phenoxy) is 1. The summed E-state index contributed by atoms with van der Waals surface area (Å²) >= 11 is 0. The Morgan fingerprint density at radius 3 is 2.42 bits per heavy atom. The number of pyridine rings is 2. The lowest BCUT2D eigenvalue weighted by Gasteiger charge is -2.10. The number of carbonyl (C=O) groups excluding carboxylic acids is 2. The first-order valence-electron chi connectivity index (χ1n) is 10.2. The monoisotopic (exact) mass is 434 g/mol. The molecule has 0 saturated carbocycles. The van der Waals surface area contributed by atoms with Gasteiger partial charge in [0.2, 0.25) is 0 Å². The van der Waals surface area contributed by atoms with E-state index in [-0.39, 0.29) is 0 Å². The van der Waals surface area contributed by atoms with Gasteiger partial charge in [0, 0.05) is 28.9 Å². The van der Waals surface area contributed by atoms with Crippen molar-refractivity contribution in [2.45, 2.75) is 0 Å². The maximum atomic E-state index is 13.6. The minimum Gasteiger partial charge on any atom is -0.497 e. The molecule has 7 nitrogen and oxygen atoms in total. The predicted molar refractivity (Wildman–Crippen MR) is 124 cm³/mol. The summed E-state index contributed by atoms with van der Waals surface area (Å²) < 4.78 is 6.38. The molecule has 5 aromatic rings. The molecule has 5 rings (SSSR count). The van der Waals surface area contributed by atoms with Crippen molar-refractivity contribution in [1.29, 1.82) is 0 Å². The number of carbonyl (C=O) groups is 2. The lowest BCUT2D eigenvalue weighted by atomic mass is 10.0. The van der Waals surface area contributed by atoms with Crippen LogP contribution >= 0.6 is 0 Å². The van der Waals surface area contributed by atoms with Crippen LogP contribution in [0.2, 0.25) is 0 Å². The van der Waals surface area contributed by atoms with Gasteiger partial charge in [-0.05, 0) is 42.5 Å². The average molecular weight is 434 g/mol. The van der Waals surface area contributed by atoms with Crippen LogP contribution in [0.15, 0.2) is 85.2 Å². The molecule has 33 heavy (non-hydrogen) atoms. The van der Waals surface area contributed by atoms with E-state index >= 15 is 0 Å². The zero-order valence-corrected chi connectivity index (χ0v) is 17.7. The van der Waals surface area contributed by atoms with Gasteiger partial charge in [-0.1, -0.05) is 30.3 Å². The topological polar surface area (TPSA) is 87.0 Å². The highest BCUT2D eigenvalue weighted by atomic mass is 16.5. The van der Waals surface area contributed by atoms with Crippen molar-refractivity contribution >= 4 is 23.2 Å². The second-order valence-electron chi connectivity index (χ2n) is 7.33. The summed E-state index contributed by atoms with van der Waals surface area (Å²) in [6.07, 6.45) is 3.80. The highest BCUT2D eigenvalue weighted by Crippen LogP contribution is 2.28. The average Bonchev–Trinajstić information content (AvgIpc) is 3.32. The van der Waals surface area contributed by atoms with Crippen LogP contribution in [0.25, 0.3) is 33.5 Å². The van der Waals surface area contributed by atoms with E-state index < -0.39 is 5.91 Å². The molecule has 0 atom stereocenters. The number of benzene rings is 2. The van der Waals surface area contributed by atoms with E-state index in [1.165, 1.54) is 10.9 Å². The first kappa shape index (κ1) is 20.3. The number of hydrogen-bond donors (Lipinski definition) is 0. The lowest BCUT2D eigenvalue weighted by molar-refractivity contribution is 0.0946. The lowest BCUT2D eigenvalue weighted by Crippen LogP contribution is -2.15. The fraction of sp³-hybridized carbons (Fsp3) is 0.0385. The molecule has 0 fully saturated rings. The molecular formula is C26H18N4O3. The Labute approximate surface area is 189 Å². The van der Waals surface area contributed by atoms with Gasteiger partial charge in [0.15, 0.2) is 11.9 Å². The van der Waals surface area contributed by atoms with Crippen LogP contribution in [0.4, 0.5) is 0 Å². The van der Waals surface area contributed by atoms with Gasteiger partial charge in [0.1, 0.15) is 11.4 Å². The van der Waals surface area contributed by atoms with Crippen molar-refractivity contribution < 1.29 is 14.3 Å². The Morgan fingerprint density at radius 1 is 0.939 bits per heavy atom. The minimum absolute atomic E-state index is 0.310. The molecule has 2 aromatic carbocycles. The van der Waals surface area contributed by atoms with E-state index in [2.05, 4.69) is 15.1 Å². The standard InChI is InChI=1S/C26H18N4O3/c1-33-21-11-9-18(10-12-21)23-20(16-31)15-30(29-23)26(32)22-14-19-8-5-13-27-25(19)28-24(22)17-6-3-2-4-7-17/h2-16H,1H3. The zero-order valence-electron chi connectivity index (χ0n) is 17.7. The van der Waals surface area contributed by atoms with E-state index in [0.717, 1.165) is 10.9 Å². The summed E-state index contributed by atoms with van der Waals surface area (Å²) in [5.74, 6) is 0.292. The van der Waals surface area contributed by atoms with Crippen LogP contribution in [0.3, 0.4) is 0 Å². The van der Waals surface area contributed by atoms with E-state index in [9.17, 15) is 9.59 Å². The normalized spacial score (nSPS) is 10.8. The van der Waals surface area contributed by atoms with Crippen molar-refractivity contribution in [3.8, 4) is 28.3 Å². The highest BCUT2D eigenvalue weighted by Gasteiger charge is 2.21. The molecule has 3 aromatic heterocycles. The molecule has 0 aliphatic rings. The number of methoxy groups -OCH3 is 1. The number of hydrogen-bond acceptors (Lipinski definition) is 6. The summed E-state index contributed by atoms with van der Waals surface area (Å²) in [5, 5.41) is 5.18. The number of rotatable bonds is 5. The van der Waals surface area contributed by atoms with Gasteiger partial charge < -0.3 is 4.74 Å². The molecule has 0 spiro atoms. The first-order chi connectivity index (χ1) is 16.2. The molecule has 160 valence electrons. The quantitative estimate of drug-likeness (QED) is 0.374. The zero-order chi connectivity index (χ0) is 22.8. The Hall–Kier alpha value is -4.65. The summed E-state index contributed by atoms with van der Waals surface area (Å²) in [6.45, 7) is 0. The van der Waals surface area contributed by atoms with E-state index in [4.69, 9.17) is 4.74 Å². The van der Waals surface area contributed by atoms with Crippen LogP contribution < -0.4 is 4.74 Å². The molecule has 0 unspecified atom stereocenters. The fourth-order valence-electron chi connectivity index (χ4n) is 3.66. The highest BCUT2D eigenvalue weighted by molar-refractivity contribution is 6.04. The Balaban J connectivity index is 1.64. The van der Waals surface area contributed by atoms with Crippen LogP contribution in [0, 0.1) is 0 Å². The number of fused-ring (bicyclic) bond motifs is 1. The van der Waals surface area contributed by atoms with Crippen LogP contribution in [0.1, 0.15) is 20.7 Å². The smallest absolute Gasteiger partial charge is 0.280 e. The Morgan fingerprint density at radius 2 is 1.70 bits per heavy atom. The predicted octanol–water partition coefficient (Wildman–Crippen LogP) is 4.67. The fourth-order valence-corrected chi connectivity index (χ4v) is 3.66. The molecule has 0 N–H and O–H groups in total. The van der Waals surface area contributed by atoms with Gasteiger partial charge in [0.25, 0.3) is 5.91 Å². The van der Waals surface area contributed by atoms with Crippen LogP contribution in [0.5, 0.6) is 5.75 Å². The van der Waals surface area contributed by atoms with Gasteiger partial charge in [-0.25, -0.2) is 14.6 Å². The van der Waals surface area contributed by atoms with Crippen molar-refractivity contribution in [1.82, 2.24) is 19.7 Å². The SMILES string of the molecule is COc1ccc(-c2nn(C(=O)c3cc4cccnc4nc3-c3ccccc3)cc2C=O)cc1. The molecule has 0 amide bonds. The molecule has 0 saturated heterocycles. The third-order valence-corrected chi connectivity index (χ3v) is 5.31. The van der Waals surface area contributed by atoms with E-state index in [1.807, 2.05) is 36.4 Å². The van der Waals surface area contributed by atoms with Gasteiger partial charge in [-0.3, -0.25) is 9.59 Å². The third-order valence-electron chi connectivity index (χ3n) is 5.31. The molecular weight excluding hydrogens is 416 g/mol. The maximum Gasteiger partial charge on any atom is 0.280 e. The second-order valence-corrected chi connectivity index (χ2v) is 7.33. The molecule has 0 aliphatic heterocycles. The summed E-state index contributed by atoms with van der Waals surface area (Å²) in [5.41, 5.74) is 3.62.